The van der Waals surface area contributed by atoms with Gasteiger partial charge in [0.05, 0.1) is 36.0 Å². The fourth-order valence-corrected chi connectivity index (χ4v) is 15.5. The number of likely N-dealkylation sites (tertiary alicyclic amines) is 3. The normalized spacial score (nSPS) is 16.6. The average molecular weight is 1470 g/mol. The summed E-state index contributed by atoms with van der Waals surface area (Å²) in [6.45, 7) is 16.3. The minimum Gasteiger partial charge on any atom is -0.328 e. The molecular weight excluding hydrogens is 1370 g/mol. The molecule has 0 bridgehead atoms. The molecule has 0 unspecified atom stereocenters. The van der Waals surface area contributed by atoms with E-state index in [-0.39, 0.29) is 40.9 Å². The maximum atomic E-state index is 13.2. The number of aromatic nitrogens is 9. The van der Waals surface area contributed by atoms with Gasteiger partial charge in [0.2, 0.25) is 34.1 Å². The highest BCUT2D eigenvalue weighted by Gasteiger charge is 2.28. The monoisotopic (exact) mass is 1470 g/mol. The van der Waals surface area contributed by atoms with Gasteiger partial charge in [-0.1, -0.05) is 74.9 Å². The van der Waals surface area contributed by atoms with E-state index in [0.717, 1.165) is 133 Å². The predicted octanol–water partition coefficient (Wildman–Crippen LogP) is 11.9. The van der Waals surface area contributed by atoms with E-state index in [4.69, 9.17) is 29.5 Å². The van der Waals surface area contributed by atoms with E-state index in [1.807, 2.05) is 63.9 Å². The third-order valence-corrected chi connectivity index (χ3v) is 21.5. The van der Waals surface area contributed by atoms with Gasteiger partial charge in [-0.2, -0.15) is 15.0 Å². The minimum atomic E-state index is -0.571. The average Bonchev–Trinajstić information content (AvgIpc) is 1.02. The molecule has 0 radical (unpaired) electrons. The molecule has 0 spiro atoms. The Bertz CT molecular complexity index is 4750. The van der Waals surface area contributed by atoms with Crippen LogP contribution in [-0.4, -0.2) is 155 Å². The summed E-state index contributed by atoms with van der Waals surface area (Å²) in [5.41, 5.74) is 14.1. The van der Waals surface area contributed by atoms with Crippen molar-refractivity contribution in [3.63, 3.8) is 0 Å². The first kappa shape index (κ1) is 76.3. The molecule has 15 rings (SSSR count). The maximum absolute atomic E-state index is 13.2. The zero-order valence-electron chi connectivity index (χ0n) is 62.7. The molecule has 570 valence electrons. The van der Waals surface area contributed by atoms with E-state index in [2.05, 4.69) is 98.4 Å². The number of hydroxylamine groups is 3. The van der Waals surface area contributed by atoms with Gasteiger partial charge in [-0.3, -0.25) is 43.3 Å². The molecule has 3 aliphatic carbocycles. The molecule has 6 fully saturated rings. The third kappa shape index (κ3) is 19.3. The summed E-state index contributed by atoms with van der Waals surface area (Å²) in [7, 11) is 1.34. The smallest absolute Gasteiger partial charge is 0.280 e. The quantitative estimate of drug-likeness (QED) is 0.0274. The number of amides is 3. The fraction of sp³-hybridized carbons (Fsp3) is 0.481. The Morgan fingerprint density at radius 1 is 0.426 bits per heavy atom. The van der Waals surface area contributed by atoms with Gasteiger partial charge in [0.15, 0.2) is 0 Å². The van der Waals surface area contributed by atoms with Gasteiger partial charge in [-0.25, -0.2) is 31.4 Å². The molecule has 3 amide bonds. The van der Waals surface area contributed by atoms with Gasteiger partial charge in [0.1, 0.15) is 33.6 Å². The molecule has 3 saturated heterocycles. The van der Waals surface area contributed by atoms with Gasteiger partial charge >= 0.3 is 0 Å². The molecule has 27 heteroatoms. The van der Waals surface area contributed by atoms with Crippen LogP contribution in [0.25, 0.3) is 33.1 Å². The summed E-state index contributed by atoms with van der Waals surface area (Å²) in [5, 5.41) is 10.8. The Balaban J connectivity index is 0.000000143. The number of hydrogen-bond donors (Lipinski definition) is 6. The van der Waals surface area contributed by atoms with Crippen LogP contribution >= 0.6 is 0 Å². The first-order valence-corrected chi connectivity index (χ1v) is 38.9. The van der Waals surface area contributed by atoms with Gasteiger partial charge in [0.25, 0.3) is 17.7 Å². The second-order valence-corrected chi connectivity index (χ2v) is 29.4. The Morgan fingerprint density at radius 3 is 1.01 bits per heavy atom. The van der Waals surface area contributed by atoms with Crippen molar-refractivity contribution >= 4 is 85.7 Å². The number of carbonyl (C=O) groups is 3. The van der Waals surface area contributed by atoms with E-state index in [9.17, 15) is 28.8 Å². The molecule has 0 atom stereocenters. The largest absolute Gasteiger partial charge is 0.328 e. The van der Waals surface area contributed by atoms with Crippen LogP contribution in [0.1, 0.15) is 202 Å². The predicted molar refractivity (Wildman–Crippen MR) is 418 cm³/mol. The number of hydrogen-bond acceptors (Lipinski definition) is 21. The van der Waals surface area contributed by atoms with Crippen LogP contribution in [0.15, 0.2) is 124 Å². The number of fused-ring (bicyclic) bond motifs is 3. The van der Waals surface area contributed by atoms with Crippen LogP contribution < -0.4 is 48.7 Å². The highest BCUT2D eigenvalue weighted by atomic mass is 16.7. The summed E-state index contributed by atoms with van der Waals surface area (Å²) in [5.74, 6) is -0.420. The van der Waals surface area contributed by atoms with Gasteiger partial charge < -0.3 is 44.4 Å². The molecule has 6 aliphatic rings. The van der Waals surface area contributed by atoms with Gasteiger partial charge in [-0.05, 0) is 209 Å². The van der Waals surface area contributed by atoms with E-state index < -0.39 is 34.0 Å². The second-order valence-electron chi connectivity index (χ2n) is 29.4. The molecule has 9 aromatic rings. The Hall–Kier alpha value is -9.90. The molecule has 6 N–H and O–H groups in total. The number of carbonyl (C=O) groups excluding carboxylic acids is 3. The summed E-state index contributed by atoms with van der Waals surface area (Å²) in [6, 6.07) is 25.6. The van der Waals surface area contributed by atoms with Crippen molar-refractivity contribution in [3.8, 4) is 0 Å². The van der Waals surface area contributed by atoms with Crippen LogP contribution in [0.2, 0.25) is 0 Å². The lowest BCUT2D eigenvalue weighted by Crippen LogP contribution is -2.32. The number of benzene rings is 3. The molecular formula is C81H102N18O9. The van der Waals surface area contributed by atoms with Crippen molar-refractivity contribution in [1.29, 1.82) is 0 Å². The lowest BCUT2D eigenvalue weighted by Gasteiger charge is -2.19. The molecule has 27 nitrogen and oxygen atoms in total. The summed E-state index contributed by atoms with van der Waals surface area (Å²) in [6.07, 6.45) is 32.7. The van der Waals surface area contributed by atoms with Crippen molar-refractivity contribution in [1.82, 2.24) is 74.7 Å². The second kappa shape index (κ2) is 36.8. The van der Waals surface area contributed by atoms with E-state index >= 15 is 0 Å². The maximum Gasteiger partial charge on any atom is 0.280 e. The highest BCUT2D eigenvalue weighted by molar-refractivity contribution is 5.98. The zero-order valence-corrected chi connectivity index (χ0v) is 62.7. The van der Waals surface area contributed by atoms with Crippen molar-refractivity contribution in [2.75, 3.05) is 88.6 Å². The van der Waals surface area contributed by atoms with Crippen LogP contribution in [-0.2, 0) is 33.8 Å². The molecule has 3 aliphatic heterocycles. The van der Waals surface area contributed by atoms with Crippen molar-refractivity contribution in [2.24, 2.45) is 0 Å². The SMILES string of the molecule is CC(C)ONC(=O)c1cn(C2CCCC2)c2nc(Nc3ccc(CCN4CCCC4)cc3)ncc2c1=O.CCONC(=O)c1cn(C2CCCC2)c2nc(Nc3ccc(CCN4CCCC4)cc3)ncc2c1=O.CONC(=O)c1cn(C2CCCC2)c2nc(Nc3ccc(CCN4CCCC4)cc3)ncc2c1=O. The Kier molecular flexibility index (Phi) is 26.0. The molecule has 3 saturated carbocycles. The van der Waals surface area contributed by atoms with Crippen LogP contribution in [0, 0.1) is 0 Å². The van der Waals surface area contributed by atoms with Crippen LogP contribution in [0.4, 0.5) is 34.9 Å². The van der Waals surface area contributed by atoms with Crippen molar-refractivity contribution < 1.29 is 28.9 Å². The van der Waals surface area contributed by atoms with Crippen LogP contribution in [0.5, 0.6) is 0 Å². The number of pyridine rings is 3. The summed E-state index contributed by atoms with van der Waals surface area (Å²) >= 11 is 0. The first-order valence-electron chi connectivity index (χ1n) is 38.9. The lowest BCUT2D eigenvalue weighted by atomic mass is 10.1. The molecule has 3 aromatic carbocycles. The first-order chi connectivity index (χ1) is 52.7. The number of nitrogens with zero attached hydrogens (tertiary/aromatic N) is 12. The fourth-order valence-electron chi connectivity index (χ4n) is 15.5. The van der Waals surface area contributed by atoms with E-state index in [0.29, 0.717) is 57.6 Å². The Labute approximate surface area is 628 Å². The lowest BCUT2D eigenvalue weighted by molar-refractivity contribution is 0.0000756. The summed E-state index contributed by atoms with van der Waals surface area (Å²) < 4.78 is 5.91. The van der Waals surface area contributed by atoms with Gasteiger partial charge in [0, 0.05) is 92.0 Å². The molecule has 9 heterocycles. The van der Waals surface area contributed by atoms with E-state index in [1.54, 1.807) is 25.5 Å². The van der Waals surface area contributed by atoms with Crippen molar-refractivity contribution in [2.45, 2.75) is 180 Å². The molecule has 6 aromatic heterocycles. The highest BCUT2D eigenvalue weighted by Crippen LogP contribution is 2.35. The summed E-state index contributed by atoms with van der Waals surface area (Å²) in [4.78, 5) is 127. The number of nitrogens with one attached hydrogen (secondary N) is 6. The van der Waals surface area contributed by atoms with Crippen LogP contribution in [0.3, 0.4) is 0 Å². The number of rotatable bonds is 26. The third-order valence-electron chi connectivity index (χ3n) is 21.5. The minimum absolute atomic E-state index is 0.0279. The van der Waals surface area contributed by atoms with Crippen molar-refractivity contribution in [3.05, 3.63) is 174 Å². The zero-order chi connectivity index (χ0) is 74.9. The van der Waals surface area contributed by atoms with E-state index in [1.165, 1.54) is 120 Å². The molecule has 108 heavy (non-hydrogen) atoms. The standard InChI is InChI=1S/C28H36N6O3.C27H34N6O3.C26H32N6O3/c1-19(2)37-32-27(36)24-18-34(22-7-3-4-8-22)26-23(25(24)35)17-29-28(31-26)30-21-11-9-20(10-12-21)13-16-33-14-5-6-15-33;1-2-36-31-26(35)23-18-33(21-7-3-4-8-21)25-22(24(23)34)17-28-27(30-25)29-20-11-9-19(10-12-20)13-16-32-14-5-6-15-32;1-35-30-25(34)22-17-32(20-6-2-3-7-20)24-21(23(22)33)16-27-26(29-24)28-19-10-8-18(9-11-19)12-15-31-13-4-5-14-31/h9-12,17-19,22H,3-8,13-16H2,1-2H3,(H,32,36)(H,29,30,31);9-12,17-18,21H,2-8,13-16H2,1H3,(H,31,35)(H,28,29,30);8-11,16-17,20H,2-7,12-15H2,1H3,(H,30,34)(H,27,28,29). The Morgan fingerprint density at radius 2 is 0.722 bits per heavy atom. The van der Waals surface area contributed by atoms with Gasteiger partial charge in [-0.15, -0.1) is 0 Å². The topological polar surface area (TPSA) is 304 Å². The number of anilines is 6.